The van der Waals surface area contributed by atoms with Gasteiger partial charge in [-0.3, -0.25) is 0 Å². The van der Waals surface area contributed by atoms with Gasteiger partial charge in [-0.05, 0) is 38.4 Å². The molecule has 1 spiro atoms. The topological polar surface area (TPSA) is 50.1 Å². The Hall–Kier alpha value is -0.120. The lowest BCUT2D eigenvalue weighted by molar-refractivity contribution is 0.116. The number of nitrogens with one attached hydrogen (secondary N) is 2. The molecular weight excluding hydrogens is 138 g/mol. The second-order valence-corrected chi connectivity index (χ2v) is 3.35. The number of hydrogen-bond donors (Lipinski definition) is 3. The van der Waals surface area contributed by atoms with E-state index >= 15 is 0 Å². The average molecular weight is 157 g/mol. The highest BCUT2D eigenvalue weighted by Gasteiger charge is 2.37. The van der Waals surface area contributed by atoms with Gasteiger partial charge in [0.2, 0.25) is 0 Å². The van der Waals surface area contributed by atoms with Crippen LogP contribution in [0.3, 0.4) is 0 Å². The Morgan fingerprint density at radius 3 is 1.82 bits per heavy atom. The van der Waals surface area contributed by atoms with Gasteiger partial charge in [0, 0.05) is 13.1 Å². The molecule has 3 nitrogen and oxygen atoms in total. The fourth-order valence-corrected chi connectivity index (χ4v) is 1.79. The molecule has 4 N–H and O–H groups in total. The normalized spacial score (nSPS) is 26.7. The smallest absolute Gasteiger partial charge is 0.00212 e. The van der Waals surface area contributed by atoms with E-state index in [0.717, 1.165) is 5.41 Å². The van der Waals surface area contributed by atoms with Crippen LogP contribution in [0.1, 0.15) is 12.8 Å². The molecule has 11 heavy (non-hydrogen) atoms. The van der Waals surface area contributed by atoms with Crippen LogP contribution in [0.25, 0.3) is 0 Å². The zero-order valence-corrected chi connectivity index (χ0v) is 7.32. The maximum Gasteiger partial charge on any atom is 0.00212 e. The minimum atomic E-state index is 0.727. The summed E-state index contributed by atoms with van der Waals surface area (Å²) in [5, 5.41) is 6.72. The van der Waals surface area contributed by atoms with Crippen LogP contribution in [-0.4, -0.2) is 33.2 Å². The van der Waals surface area contributed by atoms with Crippen molar-refractivity contribution >= 4 is 0 Å². The molecule has 2 saturated heterocycles. The Morgan fingerprint density at radius 2 is 1.55 bits per heavy atom. The highest BCUT2D eigenvalue weighted by Crippen LogP contribution is 2.31. The first-order chi connectivity index (χ1) is 5.41. The fraction of sp³-hybridized carbons (Fsp3) is 1.00. The summed E-state index contributed by atoms with van der Waals surface area (Å²) in [5.41, 5.74) is 5.23. The molecule has 0 aromatic rings. The van der Waals surface area contributed by atoms with E-state index in [9.17, 15) is 0 Å². The molecule has 2 heterocycles. The molecule has 0 atom stereocenters. The molecular formula is C8H19N3. The third kappa shape index (κ3) is 1.92. The van der Waals surface area contributed by atoms with E-state index in [2.05, 4.69) is 16.4 Å². The minimum absolute atomic E-state index is 0.727. The average Bonchev–Trinajstić information content (AvgIpc) is 2.07. The van der Waals surface area contributed by atoms with Crippen molar-refractivity contribution in [2.75, 3.05) is 33.2 Å². The van der Waals surface area contributed by atoms with Crippen LogP contribution in [0, 0.1) is 5.41 Å². The quantitative estimate of drug-likeness (QED) is 0.446. The molecule has 0 aromatic carbocycles. The number of piperidine rings is 1. The molecule has 0 aliphatic carbocycles. The highest BCUT2D eigenvalue weighted by molar-refractivity contribution is 4.94. The van der Waals surface area contributed by atoms with Crippen molar-refractivity contribution in [3.63, 3.8) is 0 Å². The van der Waals surface area contributed by atoms with Gasteiger partial charge in [0.05, 0.1) is 0 Å². The molecule has 2 rings (SSSR count). The van der Waals surface area contributed by atoms with Crippen LogP contribution in [0.2, 0.25) is 0 Å². The predicted octanol–water partition coefficient (Wildman–Crippen LogP) is -0.466. The van der Waals surface area contributed by atoms with Crippen molar-refractivity contribution in [1.82, 2.24) is 10.6 Å². The van der Waals surface area contributed by atoms with Crippen molar-refractivity contribution in [3.8, 4) is 0 Å². The van der Waals surface area contributed by atoms with Crippen LogP contribution in [0.5, 0.6) is 0 Å². The van der Waals surface area contributed by atoms with Crippen LogP contribution in [-0.2, 0) is 0 Å². The molecule has 0 aromatic heterocycles. The zero-order chi connectivity index (χ0) is 8.16. The second kappa shape index (κ2) is 4.04. The lowest BCUT2D eigenvalue weighted by Crippen LogP contribution is -2.57. The van der Waals surface area contributed by atoms with Crippen molar-refractivity contribution < 1.29 is 0 Å². The summed E-state index contributed by atoms with van der Waals surface area (Å²) < 4.78 is 0. The molecule has 3 heteroatoms. The lowest BCUT2D eigenvalue weighted by atomic mass is 9.74. The standard InChI is InChI=1S/C7H14N2.CH5N/c1-3-8-4-2-7(1)5-9-6-7;1-2/h8-9H,1-6H2;2H2,1H3. The van der Waals surface area contributed by atoms with Gasteiger partial charge in [0.15, 0.2) is 0 Å². The Balaban J connectivity index is 0.000000281. The maximum absolute atomic E-state index is 4.50. The fourth-order valence-electron chi connectivity index (χ4n) is 1.79. The third-order valence-corrected chi connectivity index (χ3v) is 2.66. The molecule has 2 fully saturated rings. The molecule has 0 bridgehead atoms. The van der Waals surface area contributed by atoms with E-state index in [0.29, 0.717) is 0 Å². The SMILES string of the molecule is C1CC2(CCN1)CNC2.CN. The van der Waals surface area contributed by atoms with E-state index in [1.807, 2.05) is 0 Å². The van der Waals surface area contributed by atoms with E-state index in [1.165, 1.54) is 46.1 Å². The summed E-state index contributed by atoms with van der Waals surface area (Å²) >= 11 is 0. The summed E-state index contributed by atoms with van der Waals surface area (Å²) in [6, 6.07) is 0. The van der Waals surface area contributed by atoms with E-state index in [1.54, 1.807) is 0 Å². The first kappa shape index (κ1) is 8.97. The van der Waals surface area contributed by atoms with Crippen molar-refractivity contribution in [2.45, 2.75) is 12.8 Å². The summed E-state index contributed by atoms with van der Waals surface area (Å²) in [6.45, 7) is 5.02. The monoisotopic (exact) mass is 157 g/mol. The Bertz CT molecular complexity index is 102. The Morgan fingerprint density at radius 1 is 1.00 bits per heavy atom. The van der Waals surface area contributed by atoms with Crippen LogP contribution in [0.4, 0.5) is 0 Å². The molecule has 0 amide bonds. The summed E-state index contributed by atoms with van der Waals surface area (Å²) in [5.74, 6) is 0. The van der Waals surface area contributed by atoms with Crippen molar-refractivity contribution in [3.05, 3.63) is 0 Å². The molecule has 2 aliphatic rings. The predicted molar refractivity (Wildman–Crippen MR) is 47.5 cm³/mol. The van der Waals surface area contributed by atoms with E-state index < -0.39 is 0 Å². The Kier molecular flexibility index (Phi) is 3.30. The van der Waals surface area contributed by atoms with Crippen LogP contribution >= 0.6 is 0 Å². The summed E-state index contributed by atoms with van der Waals surface area (Å²) in [7, 11) is 1.50. The van der Waals surface area contributed by atoms with Gasteiger partial charge in [0.1, 0.15) is 0 Å². The number of rotatable bonds is 0. The molecule has 66 valence electrons. The van der Waals surface area contributed by atoms with Gasteiger partial charge in [-0.1, -0.05) is 0 Å². The first-order valence-corrected chi connectivity index (χ1v) is 4.41. The largest absolute Gasteiger partial charge is 0.333 e. The van der Waals surface area contributed by atoms with Gasteiger partial charge < -0.3 is 16.4 Å². The third-order valence-electron chi connectivity index (χ3n) is 2.66. The first-order valence-electron chi connectivity index (χ1n) is 4.41. The molecule has 2 aliphatic heterocycles. The van der Waals surface area contributed by atoms with Gasteiger partial charge in [0.25, 0.3) is 0 Å². The molecule has 0 saturated carbocycles. The van der Waals surface area contributed by atoms with Gasteiger partial charge >= 0.3 is 0 Å². The van der Waals surface area contributed by atoms with Crippen molar-refractivity contribution in [1.29, 1.82) is 0 Å². The van der Waals surface area contributed by atoms with Crippen molar-refractivity contribution in [2.24, 2.45) is 11.1 Å². The van der Waals surface area contributed by atoms with Gasteiger partial charge in [-0.25, -0.2) is 0 Å². The second-order valence-electron chi connectivity index (χ2n) is 3.35. The molecule has 0 radical (unpaired) electrons. The Labute approximate surface area is 68.7 Å². The summed E-state index contributed by atoms with van der Waals surface area (Å²) in [4.78, 5) is 0. The summed E-state index contributed by atoms with van der Waals surface area (Å²) in [6.07, 6.45) is 2.78. The molecule has 0 unspecified atom stereocenters. The van der Waals surface area contributed by atoms with E-state index in [-0.39, 0.29) is 0 Å². The number of hydrogen-bond acceptors (Lipinski definition) is 3. The maximum atomic E-state index is 4.50. The van der Waals surface area contributed by atoms with Crippen LogP contribution < -0.4 is 16.4 Å². The van der Waals surface area contributed by atoms with E-state index in [4.69, 9.17) is 0 Å². The van der Waals surface area contributed by atoms with Crippen LogP contribution in [0.15, 0.2) is 0 Å². The van der Waals surface area contributed by atoms with Gasteiger partial charge in [-0.15, -0.1) is 0 Å². The zero-order valence-electron chi connectivity index (χ0n) is 7.32. The van der Waals surface area contributed by atoms with Gasteiger partial charge in [-0.2, -0.15) is 0 Å². The number of nitrogens with two attached hydrogens (primary N) is 1. The highest BCUT2D eigenvalue weighted by atomic mass is 15.0. The lowest BCUT2D eigenvalue weighted by Gasteiger charge is -2.45. The minimum Gasteiger partial charge on any atom is -0.333 e.